The fraction of sp³-hybridized carbons (Fsp3) is 0.350. The molecule has 0 saturated carbocycles. The Labute approximate surface area is 168 Å². The Morgan fingerprint density at radius 2 is 1.82 bits per heavy atom. The SMILES string of the molecule is CSCC[C@H](NC(=O)c1ccco1)C(=O)NCC(=O)Nc1c(C)cccc1C. The number of carbonyl (C=O) groups is 3. The number of nitrogens with one attached hydrogen (secondary N) is 3. The molecule has 0 unspecified atom stereocenters. The largest absolute Gasteiger partial charge is 0.459 e. The first-order valence-corrected chi connectivity index (χ1v) is 10.3. The minimum atomic E-state index is -0.752. The maximum absolute atomic E-state index is 12.5. The molecule has 1 aromatic heterocycles. The summed E-state index contributed by atoms with van der Waals surface area (Å²) in [4.78, 5) is 36.9. The van der Waals surface area contributed by atoms with Gasteiger partial charge in [0.05, 0.1) is 12.8 Å². The lowest BCUT2D eigenvalue weighted by molar-refractivity contribution is -0.125. The lowest BCUT2D eigenvalue weighted by atomic mass is 10.1. The highest BCUT2D eigenvalue weighted by Gasteiger charge is 2.22. The number of rotatable bonds is 9. The lowest BCUT2D eigenvalue weighted by Gasteiger charge is -2.18. The highest BCUT2D eigenvalue weighted by atomic mass is 32.2. The number of benzene rings is 1. The van der Waals surface area contributed by atoms with Crippen LogP contribution < -0.4 is 16.0 Å². The van der Waals surface area contributed by atoms with Crippen molar-refractivity contribution in [3.05, 3.63) is 53.5 Å². The summed E-state index contributed by atoms with van der Waals surface area (Å²) >= 11 is 1.57. The van der Waals surface area contributed by atoms with Crippen molar-refractivity contribution in [1.29, 1.82) is 0 Å². The van der Waals surface area contributed by atoms with Crippen LogP contribution in [-0.4, -0.2) is 42.3 Å². The van der Waals surface area contributed by atoms with Crippen LogP contribution in [0.4, 0.5) is 5.69 Å². The van der Waals surface area contributed by atoms with Crippen molar-refractivity contribution in [2.75, 3.05) is 23.9 Å². The van der Waals surface area contributed by atoms with Crippen LogP contribution in [0.2, 0.25) is 0 Å². The predicted molar refractivity (Wildman–Crippen MR) is 111 cm³/mol. The van der Waals surface area contributed by atoms with E-state index in [0.29, 0.717) is 12.2 Å². The molecular weight excluding hydrogens is 378 g/mol. The molecule has 3 N–H and O–H groups in total. The van der Waals surface area contributed by atoms with Gasteiger partial charge in [0.2, 0.25) is 11.8 Å². The maximum atomic E-state index is 12.5. The van der Waals surface area contributed by atoms with Crippen molar-refractivity contribution < 1.29 is 18.8 Å². The van der Waals surface area contributed by atoms with E-state index in [4.69, 9.17) is 4.42 Å². The number of amides is 3. The Kier molecular flexibility index (Phi) is 8.13. The number of para-hydroxylation sites is 1. The predicted octanol–water partition coefficient (Wildman–Crippen LogP) is 2.50. The minimum absolute atomic E-state index is 0.134. The standard InChI is InChI=1S/C20H25N3O4S/c1-13-6-4-7-14(2)18(13)23-17(24)12-21-19(25)15(9-11-28-3)22-20(26)16-8-5-10-27-16/h4-8,10,15H,9,11-12H2,1-3H3,(H,21,25)(H,22,26)(H,23,24)/t15-/m0/s1. The third-order valence-corrected chi connectivity index (χ3v) is 4.79. The summed E-state index contributed by atoms with van der Waals surface area (Å²) in [6.45, 7) is 3.63. The van der Waals surface area contributed by atoms with Crippen LogP contribution in [-0.2, 0) is 9.59 Å². The van der Waals surface area contributed by atoms with E-state index in [1.807, 2.05) is 38.3 Å². The average Bonchev–Trinajstić information content (AvgIpc) is 3.21. The Balaban J connectivity index is 1.92. The van der Waals surface area contributed by atoms with E-state index < -0.39 is 17.9 Å². The quantitative estimate of drug-likeness (QED) is 0.597. The van der Waals surface area contributed by atoms with E-state index in [1.54, 1.807) is 17.8 Å². The third kappa shape index (κ3) is 6.16. The van der Waals surface area contributed by atoms with E-state index in [9.17, 15) is 14.4 Å². The van der Waals surface area contributed by atoms with E-state index in [1.165, 1.54) is 12.3 Å². The highest BCUT2D eigenvalue weighted by molar-refractivity contribution is 7.98. The average molecular weight is 404 g/mol. The fourth-order valence-electron chi connectivity index (χ4n) is 2.63. The lowest BCUT2D eigenvalue weighted by Crippen LogP contribution is -2.48. The van der Waals surface area contributed by atoms with Gasteiger partial charge in [-0.3, -0.25) is 14.4 Å². The molecule has 0 aliphatic heterocycles. The number of hydrogen-bond donors (Lipinski definition) is 3. The van der Waals surface area contributed by atoms with Crippen molar-refractivity contribution in [1.82, 2.24) is 10.6 Å². The van der Waals surface area contributed by atoms with Crippen molar-refractivity contribution in [3.63, 3.8) is 0 Å². The molecule has 0 radical (unpaired) electrons. The summed E-state index contributed by atoms with van der Waals surface area (Å²) in [7, 11) is 0. The fourth-order valence-corrected chi connectivity index (χ4v) is 3.10. The molecule has 0 spiro atoms. The van der Waals surface area contributed by atoms with Gasteiger partial charge in [0.25, 0.3) is 5.91 Å². The van der Waals surface area contributed by atoms with Gasteiger partial charge in [-0.1, -0.05) is 18.2 Å². The molecule has 2 rings (SSSR count). The van der Waals surface area contributed by atoms with Gasteiger partial charge >= 0.3 is 0 Å². The van der Waals surface area contributed by atoms with E-state index in [2.05, 4.69) is 16.0 Å². The van der Waals surface area contributed by atoms with Crippen molar-refractivity contribution in [3.8, 4) is 0 Å². The van der Waals surface area contributed by atoms with Crippen LogP contribution in [0, 0.1) is 13.8 Å². The van der Waals surface area contributed by atoms with E-state index in [0.717, 1.165) is 16.8 Å². The number of hydrogen-bond acceptors (Lipinski definition) is 5. The highest BCUT2D eigenvalue weighted by Crippen LogP contribution is 2.19. The molecule has 0 aliphatic carbocycles. The van der Waals surface area contributed by atoms with Gasteiger partial charge in [-0.05, 0) is 55.5 Å². The van der Waals surface area contributed by atoms with Crippen molar-refractivity contribution >= 4 is 35.2 Å². The Morgan fingerprint density at radius 3 is 2.43 bits per heavy atom. The van der Waals surface area contributed by atoms with E-state index in [-0.39, 0.29) is 18.2 Å². The zero-order chi connectivity index (χ0) is 20.5. The zero-order valence-electron chi connectivity index (χ0n) is 16.2. The number of carbonyl (C=O) groups excluding carboxylic acids is 3. The minimum Gasteiger partial charge on any atom is -0.459 e. The summed E-state index contributed by atoms with van der Waals surface area (Å²) in [5.41, 5.74) is 2.64. The van der Waals surface area contributed by atoms with Gasteiger partial charge < -0.3 is 20.4 Å². The van der Waals surface area contributed by atoms with Crippen molar-refractivity contribution in [2.45, 2.75) is 26.3 Å². The van der Waals surface area contributed by atoms with Crippen LogP contribution in [0.15, 0.2) is 41.0 Å². The summed E-state index contributed by atoms with van der Waals surface area (Å²) in [5.74, 6) is -0.385. The smallest absolute Gasteiger partial charge is 0.287 e. The second kappa shape index (κ2) is 10.6. The van der Waals surface area contributed by atoms with Crippen LogP contribution >= 0.6 is 11.8 Å². The van der Waals surface area contributed by atoms with Crippen LogP contribution in [0.5, 0.6) is 0 Å². The molecule has 3 amide bonds. The van der Waals surface area contributed by atoms with Gasteiger partial charge in [0.1, 0.15) is 6.04 Å². The Hall–Kier alpha value is -2.74. The maximum Gasteiger partial charge on any atom is 0.287 e. The van der Waals surface area contributed by atoms with Gasteiger partial charge in [-0.25, -0.2) is 0 Å². The van der Waals surface area contributed by atoms with E-state index >= 15 is 0 Å². The van der Waals surface area contributed by atoms with Gasteiger partial charge in [0, 0.05) is 5.69 Å². The Bertz CT molecular complexity index is 801. The summed E-state index contributed by atoms with van der Waals surface area (Å²) < 4.78 is 5.05. The molecule has 0 bridgehead atoms. The molecule has 28 heavy (non-hydrogen) atoms. The molecule has 0 fully saturated rings. The summed E-state index contributed by atoms with van der Waals surface area (Å²) in [5, 5.41) is 8.07. The van der Waals surface area contributed by atoms with Crippen molar-refractivity contribution in [2.24, 2.45) is 0 Å². The first kappa shape index (κ1) is 21.6. The first-order chi connectivity index (χ1) is 13.4. The van der Waals surface area contributed by atoms with Crippen LogP contribution in [0.3, 0.4) is 0 Å². The van der Waals surface area contributed by atoms with Crippen LogP contribution in [0.25, 0.3) is 0 Å². The molecule has 1 atom stereocenters. The molecule has 1 heterocycles. The second-order valence-electron chi connectivity index (χ2n) is 6.32. The Morgan fingerprint density at radius 1 is 1.11 bits per heavy atom. The molecular formula is C20H25N3O4S. The monoisotopic (exact) mass is 403 g/mol. The summed E-state index contributed by atoms with van der Waals surface area (Å²) in [6.07, 6.45) is 3.75. The first-order valence-electron chi connectivity index (χ1n) is 8.89. The molecule has 8 heteroatoms. The number of furan rings is 1. The zero-order valence-corrected chi connectivity index (χ0v) is 17.0. The van der Waals surface area contributed by atoms with Gasteiger partial charge in [0.15, 0.2) is 5.76 Å². The van der Waals surface area contributed by atoms with Crippen LogP contribution in [0.1, 0.15) is 28.1 Å². The number of anilines is 1. The molecule has 7 nitrogen and oxygen atoms in total. The summed E-state index contributed by atoms with van der Waals surface area (Å²) in [6, 6.07) is 8.10. The van der Waals surface area contributed by atoms with Gasteiger partial charge in [-0.15, -0.1) is 0 Å². The molecule has 0 saturated heterocycles. The van der Waals surface area contributed by atoms with Gasteiger partial charge in [-0.2, -0.15) is 11.8 Å². The second-order valence-corrected chi connectivity index (χ2v) is 7.30. The number of aryl methyl sites for hydroxylation is 2. The third-order valence-electron chi connectivity index (χ3n) is 4.15. The molecule has 1 aromatic carbocycles. The molecule has 2 aromatic rings. The topological polar surface area (TPSA) is 100 Å². The normalized spacial score (nSPS) is 11.5. The molecule has 150 valence electrons. The molecule has 0 aliphatic rings. The number of thioether (sulfide) groups is 1.